The first kappa shape index (κ1) is 23.7. The summed E-state index contributed by atoms with van der Waals surface area (Å²) in [5, 5.41) is 12.2. The quantitative estimate of drug-likeness (QED) is 0.288. The number of benzene rings is 4. The topological polar surface area (TPSA) is 37.3 Å². The molecule has 0 saturated heterocycles. The third-order valence-electron chi connectivity index (χ3n) is 7.20. The number of aliphatic hydroxyl groups is 1. The molecule has 1 saturated carbocycles. The molecular formula is C34H30O2. The first-order valence-corrected chi connectivity index (χ1v) is 12.5. The van der Waals surface area contributed by atoms with Crippen LogP contribution in [0.4, 0.5) is 0 Å². The lowest BCUT2D eigenvalue weighted by Gasteiger charge is -2.29. The zero-order valence-electron chi connectivity index (χ0n) is 20.2. The standard InChI is InChI=1S/C34H30O2/c35-31(22-21-26-13-5-1-6-14-26)33-32(29-19-11-4-12-20-29)30(28-17-9-3-10-18-28)25-34(33,36)24-23-27-15-7-2-8-16-27/h1-24,30,32-33,36H,25H2/b22-21+,24-23+/t30-,32-,33+,34-/m0/s1. The molecule has 0 bridgehead atoms. The molecule has 4 aromatic carbocycles. The highest BCUT2D eigenvalue weighted by Crippen LogP contribution is 2.55. The second kappa shape index (κ2) is 10.7. The summed E-state index contributed by atoms with van der Waals surface area (Å²) in [6, 6.07) is 40.2. The van der Waals surface area contributed by atoms with Gasteiger partial charge in [-0.1, -0.05) is 140 Å². The van der Waals surface area contributed by atoms with Crippen LogP contribution < -0.4 is 0 Å². The van der Waals surface area contributed by atoms with Crippen LogP contribution in [0.5, 0.6) is 0 Å². The van der Waals surface area contributed by atoms with Crippen LogP contribution in [0.25, 0.3) is 12.2 Å². The largest absolute Gasteiger partial charge is 0.385 e. The lowest BCUT2D eigenvalue weighted by Crippen LogP contribution is -2.37. The minimum Gasteiger partial charge on any atom is -0.385 e. The van der Waals surface area contributed by atoms with Crippen molar-refractivity contribution in [1.82, 2.24) is 0 Å². The number of carbonyl (C=O) groups is 1. The van der Waals surface area contributed by atoms with Crippen molar-refractivity contribution in [3.63, 3.8) is 0 Å². The lowest BCUT2D eigenvalue weighted by atomic mass is 9.76. The van der Waals surface area contributed by atoms with Crippen molar-refractivity contribution in [1.29, 1.82) is 0 Å². The molecule has 178 valence electrons. The fraction of sp³-hybridized carbons (Fsp3) is 0.147. The molecule has 0 radical (unpaired) electrons. The molecule has 2 heteroatoms. The monoisotopic (exact) mass is 470 g/mol. The Balaban J connectivity index is 1.60. The average Bonchev–Trinajstić information content (AvgIpc) is 3.26. The summed E-state index contributed by atoms with van der Waals surface area (Å²) in [7, 11) is 0. The molecule has 0 aromatic heterocycles. The van der Waals surface area contributed by atoms with Gasteiger partial charge in [-0.25, -0.2) is 0 Å². The summed E-state index contributed by atoms with van der Waals surface area (Å²) in [5.74, 6) is -0.846. The lowest BCUT2D eigenvalue weighted by molar-refractivity contribution is -0.123. The molecule has 4 aromatic rings. The van der Waals surface area contributed by atoms with E-state index in [2.05, 4.69) is 24.3 Å². The Kier molecular flexibility index (Phi) is 7.06. The molecule has 1 N–H and O–H groups in total. The van der Waals surface area contributed by atoms with E-state index in [1.807, 2.05) is 115 Å². The van der Waals surface area contributed by atoms with Gasteiger partial charge in [-0.2, -0.15) is 0 Å². The van der Waals surface area contributed by atoms with Gasteiger partial charge in [-0.05, 0) is 40.7 Å². The predicted molar refractivity (Wildman–Crippen MR) is 147 cm³/mol. The molecular weight excluding hydrogens is 440 g/mol. The van der Waals surface area contributed by atoms with Gasteiger partial charge >= 0.3 is 0 Å². The Hall–Kier alpha value is -4.01. The number of ketones is 1. The van der Waals surface area contributed by atoms with Crippen LogP contribution in [-0.2, 0) is 4.79 Å². The summed E-state index contributed by atoms with van der Waals surface area (Å²) in [6.07, 6.45) is 7.75. The Morgan fingerprint density at radius 2 is 1.14 bits per heavy atom. The van der Waals surface area contributed by atoms with Crippen molar-refractivity contribution >= 4 is 17.9 Å². The Bertz CT molecular complexity index is 1330. The van der Waals surface area contributed by atoms with Crippen molar-refractivity contribution in [3.05, 3.63) is 156 Å². The Labute approximate surface area is 213 Å². The summed E-state index contributed by atoms with van der Waals surface area (Å²) in [6.45, 7) is 0. The molecule has 0 heterocycles. The molecule has 1 fully saturated rings. The van der Waals surface area contributed by atoms with Crippen LogP contribution in [0.1, 0.15) is 40.5 Å². The summed E-state index contributed by atoms with van der Waals surface area (Å²) in [4.78, 5) is 13.9. The second-order valence-corrected chi connectivity index (χ2v) is 9.52. The van der Waals surface area contributed by atoms with Gasteiger partial charge in [0.1, 0.15) is 0 Å². The van der Waals surface area contributed by atoms with Gasteiger partial charge < -0.3 is 5.11 Å². The maximum absolute atomic E-state index is 13.9. The first-order valence-electron chi connectivity index (χ1n) is 12.5. The molecule has 1 aliphatic rings. The maximum atomic E-state index is 13.9. The van der Waals surface area contributed by atoms with Crippen LogP contribution >= 0.6 is 0 Å². The number of hydrogen-bond donors (Lipinski definition) is 1. The second-order valence-electron chi connectivity index (χ2n) is 9.52. The third kappa shape index (κ3) is 5.15. The van der Waals surface area contributed by atoms with Crippen molar-refractivity contribution in [2.45, 2.75) is 23.9 Å². The fourth-order valence-corrected chi connectivity index (χ4v) is 5.52. The van der Waals surface area contributed by atoms with E-state index in [-0.39, 0.29) is 17.6 Å². The summed E-state index contributed by atoms with van der Waals surface area (Å²) in [5.41, 5.74) is 2.87. The van der Waals surface area contributed by atoms with Gasteiger partial charge in [0.2, 0.25) is 0 Å². The SMILES string of the molecule is O=C(/C=C/c1ccccc1)[C@@H]1[C@@H](c2ccccc2)[C@H](c2ccccc2)C[C@@]1(O)/C=C/c1ccccc1. The van der Waals surface area contributed by atoms with E-state index >= 15 is 0 Å². The predicted octanol–water partition coefficient (Wildman–Crippen LogP) is 7.30. The highest BCUT2D eigenvalue weighted by atomic mass is 16.3. The van der Waals surface area contributed by atoms with Crippen molar-refractivity contribution in [3.8, 4) is 0 Å². The van der Waals surface area contributed by atoms with Crippen LogP contribution in [0.3, 0.4) is 0 Å². The Morgan fingerprint density at radius 1 is 0.667 bits per heavy atom. The number of hydrogen-bond acceptors (Lipinski definition) is 2. The normalized spacial score (nSPS) is 23.9. The Morgan fingerprint density at radius 3 is 1.69 bits per heavy atom. The van der Waals surface area contributed by atoms with Crippen LogP contribution in [-0.4, -0.2) is 16.5 Å². The average molecular weight is 471 g/mol. The number of rotatable bonds is 7. The number of allylic oxidation sites excluding steroid dienone is 1. The molecule has 0 amide bonds. The van der Waals surface area contributed by atoms with E-state index < -0.39 is 11.5 Å². The minimum absolute atomic E-state index is 0.00176. The van der Waals surface area contributed by atoms with E-state index in [0.717, 1.165) is 22.3 Å². The van der Waals surface area contributed by atoms with E-state index in [9.17, 15) is 9.90 Å². The number of carbonyl (C=O) groups excluding carboxylic acids is 1. The maximum Gasteiger partial charge on any atom is 0.162 e. The summed E-state index contributed by atoms with van der Waals surface area (Å²) < 4.78 is 0. The van der Waals surface area contributed by atoms with E-state index in [4.69, 9.17) is 0 Å². The van der Waals surface area contributed by atoms with Gasteiger partial charge in [0, 0.05) is 5.92 Å². The minimum atomic E-state index is -1.30. The molecule has 36 heavy (non-hydrogen) atoms. The van der Waals surface area contributed by atoms with Crippen LogP contribution in [0.15, 0.2) is 133 Å². The molecule has 0 spiro atoms. The molecule has 2 nitrogen and oxygen atoms in total. The van der Waals surface area contributed by atoms with Gasteiger partial charge in [0.05, 0.1) is 11.5 Å². The van der Waals surface area contributed by atoms with Crippen LogP contribution in [0, 0.1) is 5.92 Å². The van der Waals surface area contributed by atoms with E-state index in [1.165, 1.54) is 0 Å². The van der Waals surface area contributed by atoms with E-state index in [1.54, 1.807) is 6.08 Å². The highest BCUT2D eigenvalue weighted by Gasteiger charge is 2.54. The molecule has 0 unspecified atom stereocenters. The third-order valence-corrected chi connectivity index (χ3v) is 7.20. The van der Waals surface area contributed by atoms with Gasteiger partial charge in [-0.3, -0.25) is 4.79 Å². The highest BCUT2D eigenvalue weighted by molar-refractivity contribution is 5.97. The van der Waals surface area contributed by atoms with Crippen molar-refractivity contribution in [2.24, 2.45) is 5.92 Å². The molecule has 0 aliphatic heterocycles. The zero-order chi connectivity index (χ0) is 24.8. The van der Waals surface area contributed by atoms with Crippen LogP contribution in [0.2, 0.25) is 0 Å². The van der Waals surface area contributed by atoms with Gasteiger partial charge in [-0.15, -0.1) is 0 Å². The first-order chi connectivity index (χ1) is 17.6. The van der Waals surface area contributed by atoms with Crippen molar-refractivity contribution in [2.75, 3.05) is 0 Å². The van der Waals surface area contributed by atoms with E-state index in [0.29, 0.717) is 6.42 Å². The fourth-order valence-electron chi connectivity index (χ4n) is 5.52. The molecule has 4 atom stereocenters. The zero-order valence-corrected chi connectivity index (χ0v) is 20.2. The van der Waals surface area contributed by atoms with Gasteiger partial charge in [0.15, 0.2) is 5.78 Å². The summed E-state index contributed by atoms with van der Waals surface area (Å²) >= 11 is 0. The smallest absolute Gasteiger partial charge is 0.162 e. The van der Waals surface area contributed by atoms with Gasteiger partial charge in [0.25, 0.3) is 0 Å². The van der Waals surface area contributed by atoms with Crippen molar-refractivity contribution < 1.29 is 9.90 Å². The molecule has 5 rings (SSSR count). The molecule has 1 aliphatic carbocycles.